The summed E-state index contributed by atoms with van der Waals surface area (Å²) in [6.45, 7) is 1.44. The number of hydrogen-bond acceptors (Lipinski definition) is 8. The van der Waals surface area contributed by atoms with Crippen LogP contribution in [0.5, 0.6) is 5.75 Å². The molecule has 0 aliphatic carbocycles. The van der Waals surface area contributed by atoms with E-state index in [1.54, 1.807) is 0 Å². The molecule has 1 N–H and O–H groups in total. The van der Waals surface area contributed by atoms with Gasteiger partial charge in [-0.2, -0.15) is 0 Å². The summed E-state index contributed by atoms with van der Waals surface area (Å²) in [5, 5.41) is 10.7. The number of sulfonamides is 1. The van der Waals surface area contributed by atoms with Gasteiger partial charge < -0.3 is 4.74 Å². The summed E-state index contributed by atoms with van der Waals surface area (Å²) >= 11 is 2.68. The van der Waals surface area contributed by atoms with Crippen molar-refractivity contribution in [1.29, 1.82) is 0 Å². The topological polar surface area (TPSA) is 101 Å². The molecule has 0 unspecified atom stereocenters. The van der Waals surface area contributed by atoms with Gasteiger partial charge in [0.15, 0.2) is 4.34 Å². The zero-order valence-electron chi connectivity index (χ0n) is 16.6. The summed E-state index contributed by atoms with van der Waals surface area (Å²) in [6, 6.07) is 10.6. The number of ether oxygens (including phenoxy) is 1. The first-order valence-electron chi connectivity index (χ1n) is 9.02. The predicted octanol–water partition coefficient (Wildman–Crippen LogP) is 3.63. The molecule has 8 nitrogen and oxygen atoms in total. The van der Waals surface area contributed by atoms with Crippen LogP contribution >= 0.6 is 23.1 Å². The van der Waals surface area contributed by atoms with Crippen LogP contribution in [0.3, 0.4) is 0 Å². The molecule has 1 aromatic heterocycles. The number of rotatable bonds is 9. The van der Waals surface area contributed by atoms with Crippen LogP contribution in [0.15, 0.2) is 57.8 Å². The third-order valence-electron chi connectivity index (χ3n) is 3.97. The minimum atomic E-state index is -4.12. The van der Waals surface area contributed by atoms with E-state index in [1.807, 2.05) is 6.92 Å². The van der Waals surface area contributed by atoms with Crippen molar-refractivity contribution in [3.8, 4) is 5.75 Å². The first-order chi connectivity index (χ1) is 14.8. The maximum Gasteiger partial charge on any atom is 0.264 e. The molecule has 1 heterocycles. The second-order valence-corrected chi connectivity index (χ2v) is 10.4. The van der Waals surface area contributed by atoms with Crippen molar-refractivity contribution >= 4 is 49.8 Å². The molecule has 0 bridgehead atoms. The summed E-state index contributed by atoms with van der Waals surface area (Å²) in [7, 11) is -2.66. The van der Waals surface area contributed by atoms with Crippen molar-refractivity contribution in [3.05, 3.63) is 54.3 Å². The Morgan fingerprint density at radius 3 is 2.45 bits per heavy atom. The first kappa shape index (κ1) is 23.0. The average molecular weight is 483 g/mol. The summed E-state index contributed by atoms with van der Waals surface area (Å²) < 4.78 is 46.6. The molecule has 0 aliphatic heterocycles. The number of aromatic nitrogens is 2. The summed E-state index contributed by atoms with van der Waals surface area (Å²) in [4.78, 5) is 12.6. The van der Waals surface area contributed by atoms with Crippen LogP contribution in [0.2, 0.25) is 0 Å². The van der Waals surface area contributed by atoms with Crippen LogP contribution in [0, 0.1) is 5.82 Å². The van der Waals surface area contributed by atoms with E-state index in [0.29, 0.717) is 10.1 Å². The Kier molecular flexibility index (Phi) is 7.46. The molecule has 3 aromatic rings. The van der Waals surface area contributed by atoms with E-state index in [1.165, 1.54) is 66.6 Å². The highest BCUT2D eigenvalue weighted by Gasteiger charge is 2.27. The van der Waals surface area contributed by atoms with Crippen molar-refractivity contribution in [2.45, 2.75) is 16.2 Å². The fraction of sp³-hybridized carbons (Fsp3) is 0.211. The highest BCUT2D eigenvalue weighted by atomic mass is 32.2. The number of thioether (sulfide) groups is 1. The molecule has 164 valence electrons. The number of benzene rings is 2. The van der Waals surface area contributed by atoms with E-state index in [0.717, 1.165) is 22.2 Å². The van der Waals surface area contributed by atoms with Gasteiger partial charge in [0.05, 0.1) is 17.7 Å². The van der Waals surface area contributed by atoms with E-state index in [9.17, 15) is 17.6 Å². The minimum absolute atomic E-state index is 0.0389. The quantitative estimate of drug-likeness (QED) is 0.367. The standard InChI is InChI=1S/C19H19FN4O4S3/c1-3-29-19-23-22-18(30-19)21-17(25)12-24(14-6-4-13(20)5-7-14)31(26,27)16-10-8-15(28-2)9-11-16/h4-11H,3,12H2,1-2H3,(H,21,22,25). The number of methoxy groups -OCH3 is 1. The van der Waals surface area contributed by atoms with E-state index < -0.39 is 28.3 Å². The van der Waals surface area contributed by atoms with Gasteiger partial charge >= 0.3 is 0 Å². The van der Waals surface area contributed by atoms with Crippen molar-refractivity contribution in [1.82, 2.24) is 10.2 Å². The zero-order chi connectivity index (χ0) is 22.4. The Balaban J connectivity index is 1.88. The Bertz CT molecular complexity index is 1140. The molecule has 0 radical (unpaired) electrons. The van der Waals surface area contributed by atoms with Crippen molar-refractivity contribution in [3.63, 3.8) is 0 Å². The smallest absolute Gasteiger partial charge is 0.264 e. The van der Waals surface area contributed by atoms with Crippen LogP contribution < -0.4 is 14.4 Å². The molecular weight excluding hydrogens is 463 g/mol. The monoisotopic (exact) mass is 482 g/mol. The molecule has 3 rings (SSSR count). The maximum absolute atomic E-state index is 13.4. The third-order valence-corrected chi connectivity index (χ3v) is 7.61. The predicted molar refractivity (Wildman–Crippen MR) is 119 cm³/mol. The molecule has 0 fully saturated rings. The van der Waals surface area contributed by atoms with Crippen molar-refractivity contribution < 1.29 is 22.3 Å². The van der Waals surface area contributed by atoms with E-state index in [2.05, 4.69) is 15.5 Å². The van der Waals surface area contributed by atoms with Gasteiger partial charge in [0, 0.05) is 0 Å². The number of carbonyl (C=O) groups is 1. The molecule has 0 aliphatic rings. The Hall–Kier alpha value is -2.70. The lowest BCUT2D eigenvalue weighted by Crippen LogP contribution is -2.38. The second-order valence-electron chi connectivity index (χ2n) is 6.02. The molecular formula is C19H19FN4O4S3. The number of carbonyl (C=O) groups excluding carboxylic acids is 1. The molecule has 0 saturated carbocycles. The van der Waals surface area contributed by atoms with Crippen LogP contribution in [0.4, 0.5) is 15.2 Å². The SMILES string of the molecule is CCSc1nnc(NC(=O)CN(c2ccc(F)cc2)S(=O)(=O)c2ccc(OC)cc2)s1. The molecule has 0 spiro atoms. The largest absolute Gasteiger partial charge is 0.497 e. The third kappa shape index (κ3) is 5.71. The van der Waals surface area contributed by atoms with Gasteiger partial charge in [0.25, 0.3) is 10.0 Å². The van der Waals surface area contributed by atoms with Gasteiger partial charge in [-0.05, 0) is 54.3 Å². The van der Waals surface area contributed by atoms with Gasteiger partial charge in [-0.3, -0.25) is 14.4 Å². The van der Waals surface area contributed by atoms with Gasteiger partial charge in [0.1, 0.15) is 18.1 Å². The fourth-order valence-electron chi connectivity index (χ4n) is 2.53. The second kappa shape index (κ2) is 10.1. The van der Waals surface area contributed by atoms with Gasteiger partial charge in [-0.25, -0.2) is 12.8 Å². The number of halogens is 1. The molecule has 1 amide bonds. The van der Waals surface area contributed by atoms with E-state index in [4.69, 9.17) is 4.74 Å². The number of nitrogens with zero attached hydrogens (tertiary/aromatic N) is 3. The Morgan fingerprint density at radius 1 is 1.16 bits per heavy atom. The lowest BCUT2D eigenvalue weighted by molar-refractivity contribution is -0.114. The molecule has 31 heavy (non-hydrogen) atoms. The van der Waals surface area contributed by atoms with Crippen molar-refractivity contribution in [2.24, 2.45) is 0 Å². The number of amides is 1. The fourth-order valence-corrected chi connectivity index (χ4v) is 5.61. The first-order valence-corrected chi connectivity index (χ1v) is 12.3. The summed E-state index contributed by atoms with van der Waals surface area (Å²) in [6.07, 6.45) is 0. The normalized spacial score (nSPS) is 11.2. The average Bonchev–Trinajstić information content (AvgIpc) is 3.19. The van der Waals surface area contributed by atoms with E-state index >= 15 is 0 Å². The van der Waals surface area contributed by atoms with Gasteiger partial charge in [-0.15, -0.1) is 10.2 Å². The van der Waals surface area contributed by atoms with Crippen LogP contribution in [0.25, 0.3) is 0 Å². The lowest BCUT2D eigenvalue weighted by Gasteiger charge is -2.24. The van der Waals surface area contributed by atoms with Gasteiger partial charge in [-0.1, -0.05) is 30.0 Å². The number of anilines is 2. The zero-order valence-corrected chi connectivity index (χ0v) is 19.1. The number of nitrogens with one attached hydrogen (secondary N) is 1. The Labute approximate surface area is 187 Å². The number of hydrogen-bond donors (Lipinski definition) is 1. The molecule has 0 saturated heterocycles. The summed E-state index contributed by atoms with van der Waals surface area (Å²) in [5.41, 5.74) is 0.145. The highest BCUT2D eigenvalue weighted by molar-refractivity contribution is 8.01. The van der Waals surface area contributed by atoms with E-state index in [-0.39, 0.29) is 15.7 Å². The highest BCUT2D eigenvalue weighted by Crippen LogP contribution is 2.27. The molecule has 0 atom stereocenters. The van der Waals surface area contributed by atoms with Crippen LogP contribution in [-0.2, 0) is 14.8 Å². The van der Waals surface area contributed by atoms with Crippen LogP contribution in [0.1, 0.15) is 6.92 Å². The molecule has 12 heteroatoms. The Morgan fingerprint density at radius 2 is 1.84 bits per heavy atom. The van der Waals surface area contributed by atoms with Gasteiger partial charge in [0.2, 0.25) is 11.0 Å². The maximum atomic E-state index is 13.4. The molecule has 2 aromatic carbocycles. The van der Waals surface area contributed by atoms with Crippen molar-refractivity contribution in [2.75, 3.05) is 29.0 Å². The lowest BCUT2D eigenvalue weighted by atomic mass is 10.3. The van der Waals surface area contributed by atoms with Crippen LogP contribution in [-0.4, -0.2) is 43.9 Å². The summed E-state index contributed by atoms with van der Waals surface area (Å²) in [5.74, 6) is 0.165. The minimum Gasteiger partial charge on any atom is -0.497 e.